The summed E-state index contributed by atoms with van der Waals surface area (Å²) in [7, 11) is 0. The molecule has 0 amide bonds. The monoisotopic (exact) mass is 271 g/mol. The molecule has 2 aromatic rings. The molecule has 0 fully saturated rings. The lowest BCUT2D eigenvalue weighted by Crippen LogP contribution is -2.07. The smallest absolute Gasteiger partial charge is 0.272 e. The van der Waals surface area contributed by atoms with Crippen molar-refractivity contribution in [3.05, 3.63) is 75.3 Å². The van der Waals surface area contributed by atoms with E-state index in [0.717, 1.165) is 11.1 Å². The van der Waals surface area contributed by atoms with Gasteiger partial charge in [-0.25, -0.2) is 0 Å². The molecule has 2 rings (SSSR count). The Morgan fingerprint density at radius 1 is 1.15 bits per heavy atom. The predicted octanol–water partition coefficient (Wildman–Crippen LogP) is 4.03. The van der Waals surface area contributed by atoms with Crippen molar-refractivity contribution in [1.82, 2.24) is 0 Å². The van der Waals surface area contributed by atoms with Gasteiger partial charge in [-0.1, -0.05) is 42.5 Å². The fourth-order valence-corrected chi connectivity index (χ4v) is 2.17. The van der Waals surface area contributed by atoms with Gasteiger partial charge in [-0.3, -0.25) is 10.1 Å². The van der Waals surface area contributed by atoms with Crippen LogP contribution in [0, 0.1) is 17.0 Å². The Balaban J connectivity index is 2.45. The van der Waals surface area contributed by atoms with Gasteiger partial charge in [0.25, 0.3) is 5.69 Å². The normalized spacial score (nSPS) is 12.1. The molecule has 0 saturated heterocycles. The van der Waals surface area contributed by atoms with Gasteiger partial charge in [0.05, 0.1) is 4.92 Å². The number of nitrogens with zero attached hydrogens (tertiary/aromatic N) is 1. The number of nitro benzene ring substituents is 1. The zero-order valence-corrected chi connectivity index (χ0v) is 11.6. The van der Waals surface area contributed by atoms with Crippen molar-refractivity contribution in [1.29, 1.82) is 0 Å². The van der Waals surface area contributed by atoms with Gasteiger partial charge >= 0.3 is 0 Å². The van der Waals surface area contributed by atoms with E-state index in [-0.39, 0.29) is 16.7 Å². The average Bonchev–Trinajstić information content (AvgIpc) is 2.46. The minimum atomic E-state index is -0.354. The van der Waals surface area contributed by atoms with Crippen molar-refractivity contribution in [2.45, 2.75) is 20.0 Å². The summed E-state index contributed by atoms with van der Waals surface area (Å²) in [4.78, 5) is 10.7. The Hall–Kier alpha value is -2.20. The molecule has 0 spiro atoms. The molecule has 0 bridgehead atoms. The summed E-state index contributed by atoms with van der Waals surface area (Å²) in [6, 6.07) is 15.0. The van der Waals surface area contributed by atoms with E-state index in [9.17, 15) is 10.1 Å². The summed E-state index contributed by atoms with van der Waals surface area (Å²) in [6.45, 7) is 4.19. The van der Waals surface area contributed by atoms with Crippen molar-refractivity contribution >= 4 is 5.69 Å². The highest BCUT2D eigenvalue weighted by molar-refractivity contribution is 5.45. The molecule has 20 heavy (non-hydrogen) atoms. The largest absolute Gasteiger partial charge is 0.369 e. The third-order valence-corrected chi connectivity index (χ3v) is 3.17. The van der Waals surface area contributed by atoms with Crippen LogP contribution in [0.5, 0.6) is 0 Å². The number of hydrogen-bond acceptors (Lipinski definition) is 3. The van der Waals surface area contributed by atoms with Gasteiger partial charge in [0, 0.05) is 18.2 Å². The van der Waals surface area contributed by atoms with Crippen LogP contribution in [0.2, 0.25) is 0 Å². The Kier molecular flexibility index (Phi) is 4.48. The highest BCUT2D eigenvalue weighted by atomic mass is 16.6. The third-order valence-electron chi connectivity index (χ3n) is 3.17. The summed E-state index contributed by atoms with van der Waals surface area (Å²) < 4.78 is 5.77. The molecule has 0 aliphatic carbocycles. The van der Waals surface area contributed by atoms with E-state index in [1.165, 1.54) is 0 Å². The third kappa shape index (κ3) is 3.03. The quantitative estimate of drug-likeness (QED) is 0.609. The van der Waals surface area contributed by atoms with E-state index in [4.69, 9.17) is 4.74 Å². The Bertz CT molecular complexity index is 596. The van der Waals surface area contributed by atoms with Gasteiger partial charge in [0.2, 0.25) is 0 Å². The van der Waals surface area contributed by atoms with Gasteiger partial charge in [0.15, 0.2) is 0 Å². The topological polar surface area (TPSA) is 52.4 Å². The van der Waals surface area contributed by atoms with E-state index in [2.05, 4.69) is 0 Å². The molecule has 104 valence electrons. The van der Waals surface area contributed by atoms with Crippen molar-refractivity contribution in [2.75, 3.05) is 6.61 Å². The summed E-state index contributed by atoms with van der Waals surface area (Å²) in [5, 5.41) is 11.1. The van der Waals surface area contributed by atoms with Crippen molar-refractivity contribution < 1.29 is 9.66 Å². The maximum absolute atomic E-state index is 11.1. The maximum atomic E-state index is 11.1. The second-order valence-corrected chi connectivity index (χ2v) is 4.55. The molecule has 2 aromatic carbocycles. The standard InChI is InChI=1S/C16H17NO3/c1-3-20-16(13-7-5-4-6-8-13)14-10-9-12(2)15(11-14)17(18)19/h4-11,16H,3H2,1-2H3. The van der Waals surface area contributed by atoms with E-state index in [1.54, 1.807) is 19.1 Å². The molecule has 1 unspecified atom stereocenters. The highest BCUT2D eigenvalue weighted by Crippen LogP contribution is 2.30. The SMILES string of the molecule is CCOC(c1ccccc1)c1ccc(C)c([N+](=O)[O-])c1. The zero-order valence-electron chi connectivity index (χ0n) is 11.6. The fourth-order valence-electron chi connectivity index (χ4n) is 2.17. The summed E-state index contributed by atoms with van der Waals surface area (Å²) in [6.07, 6.45) is -0.277. The number of benzene rings is 2. The van der Waals surface area contributed by atoms with Crippen LogP contribution >= 0.6 is 0 Å². The molecule has 4 heteroatoms. The van der Waals surface area contributed by atoms with Crippen LogP contribution in [-0.2, 0) is 4.74 Å². The minimum absolute atomic E-state index is 0.128. The van der Waals surface area contributed by atoms with Crippen molar-refractivity contribution in [2.24, 2.45) is 0 Å². The molecule has 0 aliphatic heterocycles. The number of hydrogen-bond donors (Lipinski definition) is 0. The average molecular weight is 271 g/mol. The van der Waals surface area contributed by atoms with Crippen molar-refractivity contribution in [3.63, 3.8) is 0 Å². The van der Waals surface area contributed by atoms with Crippen LogP contribution in [0.1, 0.15) is 29.7 Å². The molecule has 1 atom stereocenters. The number of nitro groups is 1. The maximum Gasteiger partial charge on any atom is 0.272 e. The van der Waals surface area contributed by atoms with Gasteiger partial charge in [0.1, 0.15) is 6.10 Å². The first-order chi connectivity index (χ1) is 9.63. The number of ether oxygens (including phenoxy) is 1. The lowest BCUT2D eigenvalue weighted by atomic mass is 9.99. The molecule has 0 radical (unpaired) electrons. The van der Waals surface area contributed by atoms with Crippen LogP contribution in [0.25, 0.3) is 0 Å². The molecule has 0 N–H and O–H groups in total. The van der Waals surface area contributed by atoms with Gasteiger partial charge in [-0.15, -0.1) is 0 Å². The second kappa shape index (κ2) is 6.30. The minimum Gasteiger partial charge on any atom is -0.369 e. The molecule has 0 saturated carbocycles. The zero-order chi connectivity index (χ0) is 14.5. The molecule has 4 nitrogen and oxygen atoms in total. The predicted molar refractivity (Wildman–Crippen MR) is 77.7 cm³/mol. The highest BCUT2D eigenvalue weighted by Gasteiger charge is 2.18. The van der Waals surface area contributed by atoms with Gasteiger partial charge in [-0.2, -0.15) is 0 Å². The van der Waals surface area contributed by atoms with Crippen LogP contribution in [0.4, 0.5) is 5.69 Å². The molecule has 0 heterocycles. The Morgan fingerprint density at radius 3 is 2.45 bits per heavy atom. The summed E-state index contributed by atoms with van der Waals surface area (Å²) >= 11 is 0. The van der Waals surface area contributed by atoms with E-state index in [1.807, 2.05) is 43.3 Å². The van der Waals surface area contributed by atoms with E-state index in [0.29, 0.717) is 12.2 Å². The van der Waals surface area contributed by atoms with Crippen LogP contribution in [-0.4, -0.2) is 11.5 Å². The fraction of sp³-hybridized carbons (Fsp3) is 0.250. The Morgan fingerprint density at radius 2 is 1.85 bits per heavy atom. The molecular formula is C16H17NO3. The van der Waals surface area contributed by atoms with E-state index < -0.39 is 0 Å². The van der Waals surface area contributed by atoms with Gasteiger partial charge in [-0.05, 0) is 25.0 Å². The first kappa shape index (κ1) is 14.2. The number of rotatable bonds is 5. The summed E-state index contributed by atoms with van der Waals surface area (Å²) in [5.74, 6) is 0. The molecular weight excluding hydrogens is 254 g/mol. The molecule has 0 aliphatic rings. The van der Waals surface area contributed by atoms with Crippen LogP contribution < -0.4 is 0 Å². The van der Waals surface area contributed by atoms with Gasteiger partial charge < -0.3 is 4.74 Å². The first-order valence-corrected chi connectivity index (χ1v) is 6.55. The summed E-state index contributed by atoms with van der Waals surface area (Å²) in [5.41, 5.74) is 2.58. The van der Waals surface area contributed by atoms with Crippen LogP contribution in [0.3, 0.4) is 0 Å². The molecule has 0 aromatic heterocycles. The van der Waals surface area contributed by atoms with Crippen molar-refractivity contribution in [3.8, 4) is 0 Å². The second-order valence-electron chi connectivity index (χ2n) is 4.55. The number of aryl methyl sites for hydroxylation is 1. The van der Waals surface area contributed by atoms with Crippen LogP contribution in [0.15, 0.2) is 48.5 Å². The van der Waals surface area contributed by atoms with E-state index >= 15 is 0 Å². The lowest BCUT2D eigenvalue weighted by Gasteiger charge is -2.18. The Labute approximate surface area is 118 Å². The first-order valence-electron chi connectivity index (χ1n) is 6.55. The lowest BCUT2D eigenvalue weighted by molar-refractivity contribution is -0.385.